The Morgan fingerprint density at radius 2 is 1.81 bits per heavy atom. The van der Waals surface area contributed by atoms with Crippen molar-refractivity contribution in [1.82, 2.24) is 20.1 Å². The third-order valence-corrected chi connectivity index (χ3v) is 5.41. The summed E-state index contributed by atoms with van der Waals surface area (Å²) >= 11 is 0. The van der Waals surface area contributed by atoms with Crippen LogP contribution in [0.25, 0.3) is 0 Å². The minimum atomic E-state index is -0.477. The van der Waals surface area contributed by atoms with Gasteiger partial charge in [-0.3, -0.25) is 14.4 Å². The monoisotopic (exact) mass is 446 g/mol. The summed E-state index contributed by atoms with van der Waals surface area (Å²) in [7, 11) is 1.48. The van der Waals surface area contributed by atoms with Gasteiger partial charge >= 0.3 is 0 Å². The number of piperazine rings is 1. The van der Waals surface area contributed by atoms with E-state index in [1.165, 1.54) is 17.7 Å². The van der Waals surface area contributed by atoms with Gasteiger partial charge in [-0.2, -0.15) is 0 Å². The molecule has 1 amide bonds. The summed E-state index contributed by atoms with van der Waals surface area (Å²) in [4.78, 5) is 40.2. The maximum Gasteiger partial charge on any atom is 0.263 e. The number of unbranched alkanes of at least 4 members (excludes halogenated alkanes) is 1. The molecule has 0 atom stereocenters. The number of nitrogens with zero attached hydrogens (tertiary/aromatic N) is 2. The first-order valence-electron chi connectivity index (χ1n) is 10.6. The first-order valence-corrected chi connectivity index (χ1v) is 10.6. The fourth-order valence-electron chi connectivity index (χ4n) is 3.68. The molecule has 1 aromatic heterocycles. The van der Waals surface area contributed by atoms with Crippen molar-refractivity contribution >= 4 is 24.1 Å². The predicted molar refractivity (Wildman–Crippen MR) is 124 cm³/mol. The Bertz CT molecular complexity index is 924. The molecule has 1 saturated heterocycles. The molecule has 31 heavy (non-hydrogen) atoms. The molecule has 2 N–H and O–H groups in total. The van der Waals surface area contributed by atoms with Gasteiger partial charge in [-0.1, -0.05) is 30.3 Å². The summed E-state index contributed by atoms with van der Waals surface area (Å²) in [6.07, 6.45) is 3.73. The number of nitrogens with one attached hydrogen (secondary N) is 2. The van der Waals surface area contributed by atoms with Crippen LogP contribution in [0.3, 0.4) is 0 Å². The molecule has 0 bridgehead atoms. The van der Waals surface area contributed by atoms with Gasteiger partial charge in [0.2, 0.25) is 0 Å². The average Bonchev–Trinajstić information content (AvgIpc) is 2.78. The van der Waals surface area contributed by atoms with Crippen molar-refractivity contribution in [1.29, 1.82) is 0 Å². The molecule has 0 spiro atoms. The number of Topliss-reactive ketones (excluding diaryl/α,β-unsaturated/α-hetero) is 1. The summed E-state index contributed by atoms with van der Waals surface area (Å²) < 4.78 is 1.45. The summed E-state index contributed by atoms with van der Waals surface area (Å²) in [5.41, 5.74) is 0.947. The van der Waals surface area contributed by atoms with Gasteiger partial charge in [0.25, 0.3) is 11.5 Å². The lowest BCUT2D eigenvalue weighted by atomic mass is 10.0. The summed E-state index contributed by atoms with van der Waals surface area (Å²) in [5.74, 6) is -0.516. The molecule has 1 aliphatic heterocycles. The number of halogens is 1. The zero-order valence-corrected chi connectivity index (χ0v) is 18.7. The Hall–Kier alpha value is -2.48. The zero-order valence-electron chi connectivity index (χ0n) is 17.9. The first-order chi connectivity index (χ1) is 14.6. The van der Waals surface area contributed by atoms with E-state index in [-0.39, 0.29) is 23.8 Å². The smallest absolute Gasteiger partial charge is 0.263 e. The summed E-state index contributed by atoms with van der Waals surface area (Å²) in [5, 5.41) is 5.83. The molecule has 3 rings (SSSR count). The zero-order chi connectivity index (χ0) is 21.3. The van der Waals surface area contributed by atoms with E-state index in [0.717, 1.165) is 51.1 Å². The van der Waals surface area contributed by atoms with Crippen molar-refractivity contribution in [2.45, 2.75) is 25.8 Å². The van der Waals surface area contributed by atoms with E-state index in [1.54, 1.807) is 6.20 Å². The van der Waals surface area contributed by atoms with Crippen molar-refractivity contribution in [3.8, 4) is 0 Å². The predicted octanol–water partition coefficient (Wildman–Crippen LogP) is 1.94. The van der Waals surface area contributed by atoms with Crippen LogP contribution in [0.15, 0.2) is 47.4 Å². The molecule has 0 aliphatic carbocycles. The van der Waals surface area contributed by atoms with Crippen LogP contribution in [0.4, 0.5) is 0 Å². The molecule has 0 radical (unpaired) electrons. The largest absolute Gasteiger partial charge is 0.355 e. The van der Waals surface area contributed by atoms with Crippen LogP contribution >= 0.6 is 12.4 Å². The van der Waals surface area contributed by atoms with Gasteiger partial charge in [0.15, 0.2) is 5.78 Å². The standard InChI is InChI=1S/C23H30N4O3.ClH/c1-24-22(29)20-15-19(17-27(23(20)30)16-18-7-3-2-4-8-18)21(28)9-5-6-12-26-13-10-25-11-14-26;/h2-4,7-8,15,17,25H,5-6,9-14,16H2,1H3,(H,24,29);1H. The number of aromatic nitrogens is 1. The van der Waals surface area contributed by atoms with Crippen molar-refractivity contribution in [3.05, 3.63) is 69.6 Å². The number of rotatable bonds is 9. The number of carbonyl (C=O) groups is 2. The molecule has 168 valence electrons. The van der Waals surface area contributed by atoms with Gasteiger partial charge in [-0.25, -0.2) is 0 Å². The SMILES string of the molecule is CNC(=O)c1cc(C(=O)CCCCN2CCNCC2)cn(Cc2ccccc2)c1=O.Cl. The highest BCUT2D eigenvalue weighted by Gasteiger charge is 2.17. The molecule has 7 nitrogen and oxygen atoms in total. The summed E-state index contributed by atoms with van der Waals surface area (Å²) in [6.45, 7) is 5.44. The molecule has 1 aromatic carbocycles. The minimum Gasteiger partial charge on any atom is -0.355 e. The Balaban J connectivity index is 0.00000341. The molecule has 2 heterocycles. The average molecular weight is 447 g/mol. The molecule has 1 aliphatic rings. The molecule has 1 fully saturated rings. The normalized spacial score (nSPS) is 14.0. The van der Waals surface area contributed by atoms with Crippen LogP contribution in [-0.4, -0.2) is 60.9 Å². The number of ketones is 1. The second kappa shape index (κ2) is 12.4. The molecular formula is C23H31ClN4O3. The fourth-order valence-corrected chi connectivity index (χ4v) is 3.68. The van der Waals surface area contributed by atoms with Crippen LogP contribution in [0, 0.1) is 0 Å². The molecule has 0 unspecified atom stereocenters. The van der Waals surface area contributed by atoms with Crippen molar-refractivity contribution < 1.29 is 9.59 Å². The number of amides is 1. The van der Waals surface area contributed by atoms with Crippen LogP contribution < -0.4 is 16.2 Å². The van der Waals surface area contributed by atoms with Crippen molar-refractivity contribution in [2.24, 2.45) is 0 Å². The third kappa shape index (κ3) is 7.02. The lowest BCUT2D eigenvalue weighted by Crippen LogP contribution is -2.43. The van der Waals surface area contributed by atoms with E-state index < -0.39 is 11.5 Å². The fraction of sp³-hybridized carbons (Fsp3) is 0.435. The molecule has 2 aromatic rings. The van der Waals surface area contributed by atoms with E-state index in [9.17, 15) is 14.4 Å². The van der Waals surface area contributed by atoms with Crippen molar-refractivity contribution in [3.63, 3.8) is 0 Å². The highest BCUT2D eigenvalue weighted by atomic mass is 35.5. The summed E-state index contributed by atoms with van der Waals surface area (Å²) in [6, 6.07) is 11.0. The number of carbonyl (C=O) groups excluding carboxylic acids is 2. The van der Waals surface area contributed by atoms with E-state index in [2.05, 4.69) is 15.5 Å². The van der Waals surface area contributed by atoms with Gasteiger partial charge in [0, 0.05) is 51.4 Å². The topological polar surface area (TPSA) is 83.4 Å². The quantitative estimate of drug-likeness (QED) is 0.454. The number of pyridine rings is 1. The number of hydrogen-bond donors (Lipinski definition) is 2. The molecular weight excluding hydrogens is 416 g/mol. The van der Waals surface area contributed by atoms with E-state index in [0.29, 0.717) is 18.5 Å². The third-order valence-electron chi connectivity index (χ3n) is 5.41. The van der Waals surface area contributed by atoms with Gasteiger partial charge in [0.05, 0.1) is 6.54 Å². The highest BCUT2D eigenvalue weighted by molar-refractivity contribution is 6.00. The number of hydrogen-bond acceptors (Lipinski definition) is 5. The van der Waals surface area contributed by atoms with Gasteiger partial charge < -0.3 is 20.1 Å². The van der Waals surface area contributed by atoms with Gasteiger partial charge in [-0.15, -0.1) is 12.4 Å². The lowest BCUT2D eigenvalue weighted by Gasteiger charge is -2.26. The molecule has 8 heteroatoms. The van der Waals surface area contributed by atoms with Crippen LogP contribution in [-0.2, 0) is 6.54 Å². The Labute approximate surface area is 189 Å². The van der Waals surface area contributed by atoms with E-state index in [1.807, 2.05) is 30.3 Å². The van der Waals surface area contributed by atoms with Crippen LogP contribution in [0.2, 0.25) is 0 Å². The maximum atomic E-state index is 12.8. The molecule has 0 saturated carbocycles. The van der Waals surface area contributed by atoms with E-state index >= 15 is 0 Å². The van der Waals surface area contributed by atoms with Crippen LogP contribution in [0.1, 0.15) is 45.5 Å². The second-order valence-electron chi connectivity index (χ2n) is 7.61. The Morgan fingerprint density at radius 1 is 1.10 bits per heavy atom. The van der Waals surface area contributed by atoms with Crippen molar-refractivity contribution in [2.75, 3.05) is 39.8 Å². The lowest BCUT2D eigenvalue weighted by molar-refractivity contribution is 0.0961. The Morgan fingerprint density at radius 3 is 2.48 bits per heavy atom. The second-order valence-corrected chi connectivity index (χ2v) is 7.61. The van der Waals surface area contributed by atoms with Crippen LogP contribution in [0.5, 0.6) is 0 Å². The highest BCUT2D eigenvalue weighted by Crippen LogP contribution is 2.10. The Kier molecular flexibility index (Phi) is 9.91. The van der Waals surface area contributed by atoms with E-state index in [4.69, 9.17) is 0 Å². The van der Waals surface area contributed by atoms with Gasteiger partial charge in [-0.05, 0) is 31.0 Å². The number of benzene rings is 1. The maximum absolute atomic E-state index is 12.8. The minimum absolute atomic E-state index is 0. The first kappa shape index (κ1) is 24.8. The van der Waals surface area contributed by atoms with Gasteiger partial charge in [0.1, 0.15) is 5.56 Å².